The fourth-order valence-corrected chi connectivity index (χ4v) is 5.65. The Kier molecular flexibility index (Phi) is 6.12. The molecule has 6 heteroatoms. The van der Waals surface area contributed by atoms with Gasteiger partial charge in [0.15, 0.2) is 17.1 Å². The van der Waals surface area contributed by atoms with E-state index in [2.05, 4.69) is 48.9 Å². The average molecular weight is 521 g/mol. The maximum absolute atomic E-state index is 11.9. The molecule has 0 amide bonds. The number of aldehydes is 1. The van der Waals surface area contributed by atoms with Crippen molar-refractivity contribution in [2.24, 2.45) is 0 Å². The van der Waals surface area contributed by atoms with Crippen molar-refractivity contribution in [2.45, 2.75) is 39.3 Å². The van der Waals surface area contributed by atoms with Gasteiger partial charge >= 0.3 is 0 Å². The Bertz CT molecular complexity index is 1750. The Morgan fingerprint density at radius 3 is 2.61 bits per heavy atom. The molecule has 3 aromatic carbocycles. The number of rotatable bonds is 7. The van der Waals surface area contributed by atoms with E-state index in [1.807, 2.05) is 60.8 Å². The van der Waals surface area contributed by atoms with Crippen molar-refractivity contribution >= 4 is 39.5 Å². The second-order valence-corrected chi connectivity index (χ2v) is 11.4. The van der Waals surface area contributed by atoms with Crippen LogP contribution in [0.1, 0.15) is 48.0 Å². The number of furan rings is 1. The Morgan fingerprint density at radius 1 is 1.00 bits per heavy atom. The van der Waals surface area contributed by atoms with Crippen LogP contribution in [0.25, 0.3) is 32.6 Å². The first-order valence-electron chi connectivity index (χ1n) is 12.6. The van der Waals surface area contributed by atoms with Crippen LogP contribution in [-0.4, -0.2) is 15.8 Å². The molecule has 0 aliphatic rings. The fraction of sp³-hybridized carbons (Fsp3) is 0.188. The van der Waals surface area contributed by atoms with Gasteiger partial charge in [-0.25, -0.2) is 4.98 Å². The third-order valence-corrected chi connectivity index (χ3v) is 7.53. The number of carbonyl (C=O) groups is 1. The molecule has 0 atom stereocenters. The molecule has 0 N–H and O–H groups in total. The summed E-state index contributed by atoms with van der Waals surface area (Å²) in [5, 5.41) is 4.90. The molecule has 38 heavy (non-hydrogen) atoms. The summed E-state index contributed by atoms with van der Waals surface area (Å²) >= 11 is 1.61. The molecule has 0 saturated carbocycles. The van der Waals surface area contributed by atoms with Gasteiger partial charge in [-0.1, -0.05) is 69.3 Å². The van der Waals surface area contributed by atoms with Crippen molar-refractivity contribution in [3.8, 4) is 16.5 Å². The maximum atomic E-state index is 11.9. The zero-order valence-corrected chi connectivity index (χ0v) is 22.4. The van der Waals surface area contributed by atoms with Crippen molar-refractivity contribution < 1.29 is 13.9 Å². The third kappa shape index (κ3) is 4.63. The monoisotopic (exact) mass is 520 g/mol. The second-order valence-electron chi connectivity index (χ2n) is 10.5. The lowest BCUT2D eigenvalue weighted by atomic mass is 9.93. The number of thiazole rings is 1. The molecular formula is C32H28N2O3S. The highest BCUT2D eigenvalue weighted by atomic mass is 32.1. The quantitative estimate of drug-likeness (QED) is 0.199. The van der Waals surface area contributed by atoms with Crippen LogP contribution in [0.3, 0.4) is 0 Å². The highest BCUT2D eigenvalue weighted by Crippen LogP contribution is 2.34. The first-order valence-corrected chi connectivity index (χ1v) is 13.5. The van der Waals surface area contributed by atoms with Gasteiger partial charge in [0.2, 0.25) is 0 Å². The average Bonchev–Trinajstić information content (AvgIpc) is 3.65. The molecule has 6 aromatic rings. The summed E-state index contributed by atoms with van der Waals surface area (Å²) in [6.45, 7) is 7.54. The van der Waals surface area contributed by atoms with Crippen LogP contribution in [0.15, 0.2) is 88.8 Å². The normalized spacial score (nSPS) is 11.9. The number of nitrogens with zero attached hydrogens (tertiary/aromatic N) is 2. The second kappa shape index (κ2) is 9.62. The molecule has 0 spiro atoms. The summed E-state index contributed by atoms with van der Waals surface area (Å²) in [5.41, 5.74) is 5.65. The van der Waals surface area contributed by atoms with Gasteiger partial charge in [-0.05, 0) is 35.4 Å². The number of hydrogen-bond donors (Lipinski definition) is 0. The summed E-state index contributed by atoms with van der Waals surface area (Å²) in [6, 6.07) is 24.2. The van der Waals surface area contributed by atoms with Crippen molar-refractivity contribution in [1.82, 2.24) is 9.55 Å². The van der Waals surface area contributed by atoms with Gasteiger partial charge in [0.05, 0.1) is 11.2 Å². The third-order valence-electron chi connectivity index (χ3n) is 6.67. The van der Waals surface area contributed by atoms with E-state index in [0.717, 1.165) is 61.5 Å². The van der Waals surface area contributed by atoms with E-state index in [1.54, 1.807) is 11.3 Å². The lowest BCUT2D eigenvalue weighted by Crippen LogP contribution is -2.11. The predicted molar refractivity (Wildman–Crippen MR) is 153 cm³/mol. The van der Waals surface area contributed by atoms with Crippen LogP contribution < -0.4 is 4.74 Å². The molecule has 3 aromatic heterocycles. The molecule has 0 radical (unpaired) electrons. The van der Waals surface area contributed by atoms with Gasteiger partial charge in [-0.15, -0.1) is 11.3 Å². The number of carbonyl (C=O) groups excluding carboxylic acids is 1. The maximum Gasteiger partial charge on any atom is 0.164 e. The van der Waals surface area contributed by atoms with Gasteiger partial charge in [0.1, 0.15) is 17.9 Å². The Morgan fingerprint density at radius 2 is 1.84 bits per heavy atom. The van der Waals surface area contributed by atoms with Crippen LogP contribution in [0.2, 0.25) is 0 Å². The minimum absolute atomic E-state index is 0.00247. The van der Waals surface area contributed by atoms with E-state index >= 15 is 0 Å². The Balaban J connectivity index is 1.32. The van der Waals surface area contributed by atoms with Crippen LogP contribution >= 0.6 is 11.3 Å². The molecule has 6 rings (SSSR count). The number of fused-ring (bicyclic) bond motifs is 2. The molecule has 3 heterocycles. The van der Waals surface area contributed by atoms with Crippen LogP contribution in [0.5, 0.6) is 5.75 Å². The summed E-state index contributed by atoms with van der Waals surface area (Å²) in [5.74, 6) is 1.54. The molecule has 0 bridgehead atoms. The molecule has 0 saturated heterocycles. The smallest absolute Gasteiger partial charge is 0.164 e. The number of ether oxygens (including phenoxy) is 1. The van der Waals surface area contributed by atoms with Gasteiger partial charge in [0.25, 0.3) is 0 Å². The molecule has 5 nitrogen and oxygen atoms in total. The molecule has 0 aliphatic carbocycles. The number of aromatic nitrogens is 2. The summed E-state index contributed by atoms with van der Waals surface area (Å²) in [4.78, 5) is 16.7. The van der Waals surface area contributed by atoms with Gasteiger partial charge in [-0.2, -0.15) is 0 Å². The fourth-order valence-electron chi connectivity index (χ4n) is 4.65. The van der Waals surface area contributed by atoms with Crippen LogP contribution in [0, 0.1) is 0 Å². The van der Waals surface area contributed by atoms with Gasteiger partial charge in [-0.3, -0.25) is 4.79 Å². The van der Waals surface area contributed by atoms with Crippen LogP contribution in [-0.2, 0) is 18.6 Å². The van der Waals surface area contributed by atoms with Gasteiger partial charge in [0, 0.05) is 39.9 Å². The van der Waals surface area contributed by atoms with Crippen molar-refractivity contribution in [1.29, 1.82) is 0 Å². The standard InChI is InChI=1S/C32H28N2O3S/c1-32(2,3)29-20-38-31(33-29)28-15-23-14-22(12-13-26(23)37-28)16-34-17-24(18-35)25-10-7-11-27(30(25)34)36-19-21-8-5-4-6-9-21/h4-15,17-18,20H,16,19H2,1-3H3. The minimum atomic E-state index is -0.00247. The first-order chi connectivity index (χ1) is 18.4. The Labute approximate surface area is 225 Å². The lowest BCUT2D eigenvalue weighted by Gasteiger charge is -2.13. The molecular weight excluding hydrogens is 492 g/mol. The highest BCUT2D eigenvalue weighted by molar-refractivity contribution is 7.13. The Hall–Kier alpha value is -4.16. The van der Waals surface area contributed by atoms with Crippen molar-refractivity contribution in [2.75, 3.05) is 0 Å². The number of benzene rings is 3. The number of para-hydroxylation sites is 1. The topological polar surface area (TPSA) is 57.3 Å². The zero-order chi connectivity index (χ0) is 26.3. The summed E-state index contributed by atoms with van der Waals surface area (Å²) in [7, 11) is 0. The van der Waals surface area contributed by atoms with Gasteiger partial charge < -0.3 is 13.7 Å². The minimum Gasteiger partial charge on any atom is -0.487 e. The lowest BCUT2D eigenvalue weighted by molar-refractivity contribution is 0.112. The molecule has 0 unspecified atom stereocenters. The molecule has 0 aliphatic heterocycles. The molecule has 190 valence electrons. The predicted octanol–water partition coefficient (Wildman–Crippen LogP) is 8.25. The zero-order valence-electron chi connectivity index (χ0n) is 21.6. The first kappa shape index (κ1) is 24.2. The van der Waals surface area contributed by atoms with E-state index in [9.17, 15) is 4.79 Å². The summed E-state index contributed by atoms with van der Waals surface area (Å²) < 4.78 is 14.5. The van der Waals surface area contributed by atoms with Crippen molar-refractivity contribution in [3.63, 3.8) is 0 Å². The SMILES string of the molecule is CC(C)(C)c1csc(-c2cc3cc(Cn4cc(C=O)c5cccc(OCc6ccccc6)c54)ccc3o2)n1. The molecule has 0 fully saturated rings. The van der Waals surface area contributed by atoms with Crippen molar-refractivity contribution in [3.05, 3.63) is 107 Å². The van der Waals surface area contributed by atoms with Crippen LogP contribution in [0.4, 0.5) is 0 Å². The summed E-state index contributed by atoms with van der Waals surface area (Å²) in [6.07, 6.45) is 2.81. The van der Waals surface area contributed by atoms with E-state index < -0.39 is 0 Å². The highest BCUT2D eigenvalue weighted by Gasteiger charge is 2.20. The van der Waals surface area contributed by atoms with E-state index in [-0.39, 0.29) is 5.41 Å². The number of hydrogen-bond acceptors (Lipinski definition) is 5. The largest absolute Gasteiger partial charge is 0.487 e. The van der Waals surface area contributed by atoms with E-state index in [1.165, 1.54) is 0 Å². The van der Waals surface area contributed by atoms with E-state index in [4.69, 9.17) is 14.1 Å². The van der Waals surface area contributed by atoms with E-state index in [0.29, 0.717) is 18.7 Å².